The molecule has 0 saturated heterocycles. The van der Waals surface area contributed by atoms with Crippen LogP contribution in [0.5, 0.6) is 0 Å². The maximum Gasteiger partial charge on any atom is 0.340 e. The van der Waals surface area contributed by atoms with Crippen LogP contribution in [0.3, 0.4) is 0 Å². The molecule has 1 aliphatic carbocycles. The Balaban J connectivity index is 2.06. The summed E-state index contributed by atoms with van der Waals surface area (Å²) >= 11 is 6.04. The predicted octanol–water partition coefficient (Wildman–Crippen LogP) is 3.90. The molecule has 2 N–H and O–H groups in total. The number of carbonyl (C=O) groups excluding carboxylic acids is 1. The molecule has 1 aromatic rings. The van der Waals surface area contributed by atoms with Crippen LogP contribution in [0.15, 0.2) is 18.2 Å². The lowest BCUT2D eigenvalue weighted by Gasteiger charge is -2.31. The van der Waals surface area contributed by atoms with Crippen molar-refractivity contribution in [2.24, 2.45) is 11.8 Å². The van der Waals surface area contributed by atoms with Crippen molar-refractivity contribution in [3.05, 3.63) is 28.8 Å². The van der Waals surface area contributed by atoms with Crippen molar-refractivity contribution in [2.45, 2.75) is 39.2 Å². The molecule has 0 radical (unpaired) electrons. The van der Waals surface area contributed by atoms with E-state index in [0.717, 1.165) is 12.8 Å². The summed E-state index contributed by atoms with van der Waals surface area (Å²) in [6, 6.07) is 5.03. The second-order valence-corrected chi connectivity index (χ2v) is 6.03. The molecule has 1 saturated carbocycles. The van der Waals surface area contributed by atoms with Gasteiger partial charge in [-0.05, 0) is 43.2 Å². The fourth-order valence-corrected chi connectivity index (χ4v) is 3.09. The minimum absolute atomic E-state index is 0.0104. The standard InChI is InChI=1S/C15H20ClNO2/c1-9-6-10(2)8-11(7-9)19-15(18)12-4-3-5-13(17)14(12)16/h3-5,9-11H,6-8,17H2,1-2H3. The first-order valence-electron chi connectivity index (χ1n) is 6.72. The van der Waals surface area contributed by atoms with Crippen LogP contribution in [-0.4, -0.2) is 12.1 Å². The highest BCUT2D eigenvalue weighted by Gasteiger charge is 2.27. The first kappa shape index (κ1) is 14.2. The Bertz CT molecular complexity index is 465. The summed E-state index contributed by atoms with van der Waals surface area (Å²) in [5.74, 6) is 0.819. The normalized spacial score (nSPS) is 27.0. The van der Waals surface area contributed by atoms with E-state index in [0.29, 0.717) is 23.1 Å². The zero-order valence-corrected chi connectivity index (χ0v) is 12.1. The van der Waals surface area contributed by atoms with Gasteiger partial charge in [0.2, 0.25) is 0 Å². The SMILES string of the molecule is CC1CC(C)CC(OC(=O)c2cccc(N)c2Cl)C1. The van der Waals surface area contributed by atoms with Gasteiger partial charge in [0.05, 0.1) is 16.3 Å². The molecule has 0 heterocycles. The molecule has 2 unspecified atom stereocenters. The van der Waals surface area contributed by atoms with Gasteiger partial charge in [-0.1, -0.05) is 31.5 Å². The van der Waals surface area contributed by atoms with Gasteiger partial charge in [0.15, 0.2) is 0 Å². The number of nitrogen functional groups attached to an aromatic ring is 1. The lowest BCUT2D eigenvalue weighted by atomic mass is 9.82. The summed E-state index contributed by atoms with van der Waals surface area (Å²) in [5, 5.41) is 0.282. The lowest BCUT2D eigenvalue weighted by Crippen LogP contribution is -2.28. The number of hydrogen-bond acceptors (Lipinski definition) is 3. The van der Waals surface area contributed by atoms with Gasteiger partial charge >= 0.3 is 5.97 Å². The average Bonchev–Trinajstić information content (AvgIpc) is 2.31. The Labute approximate surface area is 119 Å². The minimum atomic E-state index is -0.372. The van der Waals surface area contributed by atoms with Crippen molar-refractivity contribution >= 4 is 23.3 Å². The van der Waals surface area contributed by atoms with E-state index in [-0.39, 0.29) is 17.1 Å². The largest absolute Gasteiger partial charge is 0.459 e. The number of hydrogen-bond donors (Lipinski definition) is 1. The fraction of sp³-hybridized carbons (Fsp3) is 0.533. The van der Waals surface area contributed by atoms with Gasteiger partial charge in [-0.15, -0.1) is 0 Å². The van der Waals surface area contributed by atoms with E-state index in [1.54, 1.807) is 18.2 Å². The predicted molar refractivity (Wildman–Crippen MR) is 77.2 cm³/mol. The Morgan fingerprint density at radius 1 is 1.26 bits per heavy atom. The van der Waals surface area contributed by atoms with E-state index in [4.69, 9.17) is 22.1 Å². The smallest absolute Gasteiger partial charge is 0.340 e. The molecular formula is C15H20ClNO2. The number of rotatable bonds is 2. The topological polar surface area (TPSA) is 52.3 Å². The van der Waals surface area contributed by atoms with Crippen LogP contribution < -0.4 is 5.73 Å². The molecule has 2 rings (SSSR count). The minimum Gasteiger partial charge on any atom is -0.459 e. The van der Waals surface area contributed by atoms with E-state index in [1.807, 2.05) is 0 Å². The zero-order chi connectivity index (χ0) is 14.0. The summed E-state index contributed by atoms with van der Waals surface area (Å²) in [6.45, 7) is 4.40. The van der Waals surface area contributed by atoms with Gasteiger partial charge in [-0.2, -0.15) is 0 Å². The van der Waals surface area contributed by atoms with E-state index in [9.17, 15) is 4.79 Å². The van der Waals surface area contributed by atoms with Gasteiger partial charge in [-0.3, -0.25) is 0 Å². The van der Waals surface area contributed by atoms with Crippen LogP contribution in [0, 0.1) is 11.8 Å². The lowest BCUT2D eigenvalue weighted by molar-refractivity contribution is 0.00808. The van der Waals surface area contributed by atoms with Crippen LogP contribution >= 0.6 is 11.6 Å². The average molecular weight is 282 g/mol. The summed E-state index contributed by atoms with van der Waals surface area (Å²) in [7, 11) is 0. The number of carbonyl (C=O) groups is 1. The third kappa shape index (κ3) is 3.41. The van der Waals surface area contributed by atoms with Gasteiger partial charge in [0, 0.05) is 0 Å². The second-order valence-electron chi connectivity index (χ2n) is 5.65. The Morgan fingerprint density at radius 2 is 1.89 bits per heavy atom. The molecule has 2 atom stereocenters. The van der Waals surface area contributed by atoms with Crippen LogP contribution in [0.2, 0.25) is 5.02 Å². The van der Waals surface area contributed by atoms with Crippen molar-refractivity contribution in [3.63, 3.8) is 0 Å². The van der Waals surface area contributed by atoms with Crippen molar-refractivity contribution in [1.29, 1.82) is 0 Å². The highest BCUT2D eigenvalue weighted by molar-refractivity contribution is 6.36. The number of esters is 1. The Morgan fingerprint density at radius 3 is 2.53 bits per heavy atom. The van der Waals surface area contributed by atoms with Crippen LogP contribution in [0.4, 0.5) is 5.69 Å². The fourth-order valence-electron chi connectivity index (χ4n) is 2.89. The molecule has 0 spiro atoms. The summed E-state index contributed by atoms with van der Waals surface area (Å²) < 4.78 is 5.58. The number of benzene rings is 1. The molecule has 0 aromatic heterocycles. The number of anilines is 1. The second kappa shape index (κ2) is 5.83. The van der Waals surface area contributed by atoms with E-state index < -0.39 is 0 Å². The molecule has 0 amide bonds. The first-order chi connectivity index (χ1) is 8.97. The first-order valence-corrected chi connectivity index (χ1v) is 7.10. The summed E-state index contributed by atoms with van der Waals surface area (Å²) in [6.07, 6.45) is 3.04. The van der Waals surface area contributed by atoms with Crippen molar-refractivity contribution in [1.82, 2.24) is 0 Å². The van der Waals surface area contributed by atoms with Crippen LogP contribution in [-0.2, 0) is 4.74 Å². The van der Waals surface area contributed by atoms with Gasteiger partial charge in [-0.25, -0.2) is 4.79 Å². The highest BCUT2D eigenvalue weighted by atomic mass is 35.5. The molecule has 19 heavy (non-hydrogen) atoms. The van der Waals surface area contributed by atoms with Crippen LogP contribution in [0.1, 0.15) is 43.5 Å². The third-order valence-electron chi connectivity index (χ3n) is 3.66. The summed E-state index contributed by atoms with van der Waals surface area (Å²) in [5.41, 5.74) is 6.45. The van der Waals surface area contributed by atoms with Gasteiger partial charge in [0.1, 0.15) is 6.10 Å². The maximum absolute atomic E-state index is 12.1. The van der Waals surface area contributed by atoms with Crippen molar-refractivity contribution in [3.8, 4) is 0 Å². The molecule has 3 nitrogen and oxygen atoms in total. The van der Waals surface area contributed by atoms with Crippen molar-refractivity contribution < 1.29 is 9.53 Å². The van der Waals surface area contributed by atoms with E-state index >= 15 is 0 Å². The molecule has 0 bridgehead atoms. The van der Waals surface area contributed by atoms with Gasteiger partial charge in [0.25, 0.3) is 0 Å². The number of nitrogens with two attached hydrogens (primary N) is 1. The zero-order valence-electron chi connectivity index (χ0n) is 11.4. The van der Waals surface area contributed by atoms with E-state index in [2.05, 4.69) is 13.8 Å². The number of halogens is 1. The summed E-state index contributed by atoms with van der Waals surface area (Å²) in [4.78, 5) is 12.1. The number of ether oxygens (including phenoxy) is 1. The molecular weight excluding hydrogens is 262 g/mol. The van der Waals surface area contributed by atoms with Crippen LogP contribution in [0.25, 0.3) is 0 Å². The Kier molecular flexibility index (Phi) is 4.35. The van der Waals surface area contributed by atoms with Crippen molar-refractivity contribution in [2.75, 3.05) is 5.73 Å². The molecule has 1 aliphatic rings. The van der Waals surface area contributed by atoms with Gasteiger partial charge < -0.3 is 10.5 Å². The monoisotopic (exact) mass is 281 g/mol. The third-order valence-corrected chi connectivity index (χ3v) is 4.08. The molecule has 1 aromatic carbocycles. The molecule has 1 fully saturated rings. The quantitative estimate of drug-likeness (QED) is 0.661. The molecule has 0 aliphatic heterocycles. The Hall–Kier alpha value is -1.22. The highest BCUT2D eigenvalue weighted by Crippen LogP contribution is 2.31. The molecule has 4 heteroatoms. The maximum atomic E-state index is 12.1. The molecule has 104 valence electrons. The van der Waals surface area contributed by atoms with E-state index in [1.165, 1.54) is 6.42 Å².